The largest absolute Gasteiger partial charge is 0.496 e. The standard InChI is InChI=1S/C15H23N3O3/c1-3-18-7-8-21-11(10-18)9-17-15(19)14-12(16)5-4-6-13(14)20-2/h4-6,11H,3,7-10,16H2,1-2H3,(H,17,19). The first-order chi connectivity index (χ1) is 10.2. The molecule has 0 bridgehead atoms. The van der Waals surface area contributed by atoms with Crippen molar-refractivity contribution in [3.05, 3.63) is 23.8 Å². The first kappa shape index (κ1) is 15.6. The molecule has 0 radical (unpaired) electrons. The van der Waals surface area contributed by atoms with Crippen LogP contribution in [0.2, 0.25) is 0 Å². The molecule has 1 fully saturated rings. The average molecular weight is 293 g/mol. The molecule has 2 rings (SSSR count). The van der Waals surface area contributed by atoms with E-state index < -0.39 is 0 Å². The van der Waals surface area contributed by atoms with Gasteiger partial charge in [-0.15, -0.1) is 0 Å². The number of hydrogen-bond donors (Lipinski definition) is 2. The van der Waals surface area contributed by atoms with Crippen LogP contribution in [0.1, 0.15) is 17.3 Å². The number of nitrogens with two attached hydrogens (primary N) is 1. The zero-order chi connectivity index (χ0) is 15.2. The number of anilines is 1. The van der Waals surface area contributed by atoms with E-state index >= 15 is 0 Å². The zero-order valence-corrected chi connectivity index (χ0v) is 12.6. The van der Waals surface area contributed by atoms with Gasteiger partial charge in [0, 0.05) is 25.3 Å². The molecule has 6 nitrogen and oxygen atoms in total. The van der Waals surface area contributed by atoms with Crippen molar-refractivity contribution >= 4 is 11.6 Å². The Hall–Kier alpha value is -1.79. The lowest BCUT2D eigenvalue weighted by atomic mass is 10.1. The minimum atomic E-state index is -0.234. The Labute approximate surface area is 125 Å². The number of benzene rings is 1. The Balaban J connectivity index is 1.96. The smallest absolute Gasteiger partial charge is 0.257 e. The summed E-state index contributed by atoms with van der Waals surface area (Å²) in [7, 11) is 1.52. The molecule has 1 amide bonds. The van der Waals surface area contributed by atoms with Gasteiger partial charge < -0.3 is 20.5 Å². The number of morpholine rings is 1. The predicted octanol–water partition coefficient (Wildman–Crippen LogP) is 0.728. The monoisotopic (exact) mass is 293 g/mol. The Bertz CT molecular complexity index is 493. The predicted molar refractivity (Wildman–Crippen MR) is 81.6 cm³/mol. The molecule has 1 aromatic rings. The summed E-state index contributed by atoms with van der Waals surface area (Å²) in [6.07, 6.45) is 0.0126. The highest BCUT2D eigenvalue weighted by atomic mass is 16.5. The Morgan fingerprint density at radius 3 is 3.10 bits per heavy atom. The van der Waals surface area contributed by atoms with Crippen LogP contribution in [0.3, 0.4) is 0 Å². The maximum Gasteiger partial charge on any atom is 0.257 e. The average Bonchev–Trinajstić information content (AvgIpc) is 2.52. The first-order valence-electron chi connectivity index (χ1n) is 7.20. The van der Waals surface area contributed by atoms with Gasteiger partial charge in [-0.05, 0) is 18.7 Å². The van der Waals surface area contributed by atoms with Gasteiger partial charge in [0.15, 0.2) is 0 Å². The van der Waals surface area contributed by atoms with Gasteiger partial charge >= 0.3 is 0 Å². The molecule has 1 unspecified atom stereocenters. The van der Waals surface area contributed by atoms with Gasteiger partial charge in [0.05, 0.1) is 19.8 Å². The summed E-state index contributed by atoms with van der Waals surface area (Å²) in [6, 6.07) is 5.17. The zero-order valence-electron chi connectivity index (χ0n) is 12.6. The molecule has 3 N–H and O–H groups in total. The number of carbonyl (C=O) groups excluding carboxylic acids is 1. The van der Waals surface area contributed by atoms with Gasteiger partial charge in [0.1, 0.15) is 11.3 Å². The third kappa shape index (κ3) is 3.86. The van der Waals surface area contributed by atoms with Crippen LogP contribution in [-0.2, 0) is 4.74 Å². The molecule has 0 aliphatic carbocycles. The summed E-state index contributed by atoms with van der Waals surface area (Å²) >= 11 is 0. The molecule has 116 valence electrons. The molecule has 0 spiro atoms. The lowest BCUT2D eigenvalue weighted by molar-refractivity contribution is -0.0246. The van der Waals surface area contributed by atoms with Gasteiger partial charge in [-0.3, -0.25) is 9.69 Å². The number of carbonyl (C=O) groups is 1. The number of methoxy groups -OCH3 is 1. The summed E-state index contributed by atoms with van der Waals surface area (Å²) in [6.45, 7) is 6.06. The lowest BCUT2D eigenvalue weighted by Gasteiger charge is -2.32. The Kier molecular flexibility index (Phi) is 5.41. The summed E-state index contributed by atoms with van der Waals surface area (Å²) in [4.78, 5) is 14.6. The van der Waals surface area contributed by atoms with Crippen molar-refractivity contribution in [2.45, 2.75) is 13.0 Å². The van der Waals surface area contributed by atoms with E-state index in [2.05, 4.69) is 17.1 Å². The van der Waals surface area contributed by atoms with E-state index in [9.17, 15) is 4.79 Å². The number of hydrogen-bond acceptors (Lipinski definition) is 5. The fraction of sp³-hybridized carbons (Fsp3) is 0.533. The SMILES string of the molecule is CCN1CCOC(CNC(=O)c2c(N)cccc2OC)C1. The van der Waals surface area contributed by atoms with E-state index in [1.165, 1.54) is 7.11 Å². The van der Waals surface area contributed by atoms with Crippen molar-refractivity contribution in [2.24, 2.45) is 0 Å². The van der Waals surface area contributed by atoms with Crippen LogP contribution >= 0.6 is 0 Å². The van der Waals surface area contributed by atoms with E-state index in [1.54, 1.807) is 18.2 Å². The number of nitrogen functional groups attached to an aromatic ring is 1. The number of nitrogens with zero attached hydrogens (tertiary/aromatic N) is 1. The topological polar surface area (TPSA) is 76.8 Å². The molecule has 6 heteroatoms. The number of rotatable bonds is 5. The van der Waals surface area contributed by atoms with Crippen LogP contribution in [0, 0.1) is 0 Å². The highest BCUT2D eigenvalue weighted by Crippen LogP contribution is 2.23. The van der Waals surface area contributed by atoms with Crippen LogP contribution < -0.4 is 15.8 Å². The van der Waals surface area contributed by atoms with Gasteiger partial charge in [0.2, 0.25) is 0 Å². The van der Waals surface area contributed by atoms with Crippen LogP contribution in [-0.4, -0.2) is 56.8 Å². The van der Waals surface area contributed by atoms with Crippen molar-refractivity contribution in [1.29, 1.82) is 0 Å². The molecule has 0 aromatic heterocycles. The Morgan fingerprint density at radius 1 is 1.57 bits per heavy atom. The van der Waals surface area contributed by atoms with Crippen molar-refractivity contribution in [3.8, 4) is 5.75 Å². The number of ether oxygens (including phenoxy) is 2. The third-order valence-electron chi connectivity index (χ3n) is 3.67. The summed E-state index contributed by atoms with van der Waals surface area (Å²) in [5.74, 6) is 0.245. The van der Waals surface area contributed by atoms with Crippen molar-refractivity contribution in [1.82, 2.24) is 10.2 Å². The third-order valence-corrected chi connectivity index (χ3v) is 3.67. The van der Waals surface area contributed by atoms with Gasteiger partial charge in [-0.25, -0.2) is 0 Å². The lowest BCUT2D eigenvalue weighted by Crippen LogP contribution is -2.47. The Morgan fingerprint density at radius 2 is 2.38 bits per heavy atom. The number of nitrogens with one attached hydrogen (secondary N) is 1. The van der Waals surface area contributed by atoms with Crippen LogP contribution in [0.15, 0.2) is 18.2 Å². The van der Waals surface area contributed by atoms with Crippen LogP contribution in [0.4, 0.5) is 5.69 Å². The van der Waals surface area contributed by atoms with E-state index in [-0.39, 0.29) is 12.0 Å². The first-order valence-corrected chi connectivity index (χ1v) is 7.20. The van der Waals surface area contributed by atoms with Crippen molar-refractivity contribution < 1.29 is 14.3 Å². The van der Waals surface area contributed by atoms with Crippen LogP contribution in [0.5, 0.6) is 5.75 Å². The molecule has 1 aromatic carbocycles. The maximum atomic E-state index is 12.3. The molecule has 21 heavy (non-hydrogen) atoms. The molecular weight excluding hydrogens is 270 g/mol. The van der Waals surface area contributed by atoms with Gasteiger partial charge in [-0.2, -0.15) is 0 Å². The minimum absolute atomic E-state index is 0.0126. The van der Waals surface area contributed by atoms with Crippen molar-refractivity contribution in [2.75, 3.05) is 45.6 Å². The second-order valence-corrected chi connectivity index (χ2v) is 5.02. The fourth-order valence-corrected chi connectivity index (χ4v) is 2.45. The highest BCUT2D eigenvalue weighted by molar-refractivity contribution is 6.01. The molecule has 1 heterocycles. The molecule has 1 aliphatic rings. The minimum Gasteiger partial charge on any atom is -0.496 e. The fourth-order valence-electron chi connectivity index (χ4n) is 2.45. The second kappa shape index (κ2) is 7.28. The van der Waals surface area contributed by atoms with Crippen molar-refractivity contribution in [3.63, 3.8) is 0 Å². The number of likely N-dealkylation sites (N-methyl/N-ethyl adjacent to an activating group) is 1. The summed E-state index contributed by atoms with van der Waals surface area (Å²) in [5.41, 5.74) is 6.66. The summed E-state index contributed by atoms with van der Waals surface area (Å²) < 4.78 is 10.9. The van der Waals surface area contributed by atoms with E-state index in [4.69, 9.17) is 15.2 Å². The number of amides is 1. The highest BCUT2D eigenvalue weighted by Gasteiger charge is 2.21. The molecule has 0 saturated carbocycles. The maximum absolute atomic E-state index is 12.3. The normalized spacial score (nSPS) is 19.2. The van der Waals surface area contributed by atoms with E-state index in [0.29, 0.717) is 30.2 Å². The quantitative estimate of drug-likeness (QED) is 0.783. The van der Waals surface area contributed by atoms with E-state index in [0.717, 1.165) is 19.6 Å². The summed E-state index contributed by atoms with van der Waals surface area (Å²) in [5, 5.41) is 2.88. The van der Waals surface area contributed by atoms with E-state index in [1.807, 2.05) is 0 Å². The molecule has 1 atom stereocenters. The second-order valence-electron chi connectivity index (χ2n) is 5.02. The van der Waals surface area contributed by atoms with Crippen LogP contribution in [0.25, 0.3) is 0 Å². The molecular formula is C15H23N3O3. The molecule has 1 saturated heterocycles. The molecule has 1 aliphatic heterocycles. The van der Waals surface area contributed by atoms with Gasteiger partial charge in [0.25, 0.3) is 5.91 Å². The van der Waals surface area contributed by atoms with Gasteiger partial charge in [-0.1, -0.05) is 13.0 Å².